The molecule has 0 atom stereocenters. The third-order valence-corrected chi connectivity index (χ3v) is 5.34. The molecule has 10 heteroatoms. The van der Waals surface area contributed by atoms with E-state index in [1.54, 1.807) is 19.1 Å². The fraction of sp³-hybridized carbons (Fsp3) is 0.133. The molecule has 0 spiro atoms. The molecule has 25 heavy (non-hydrogen) atoms. The lowest BCUT2D eigenvalue weighted by Crippen LogP contribution is -2.40. The Morgan fingerprint density at radius 1 is 1.24 bits per heavy atom. The highest BCUT2D eigenvalue weighted by Gasteiger charge is 2.29. The zero-order chi connectivity index (χ0) is 18.6. The van der Waals surface area contributed by atoms with Crippen LogP contribution in [0, 0.1) is 17.0 Å². The number of non-ortho nitro benzene ring substituents is 1. The van der Waals surface area contributed by atoms with Crippen LogP contribution in [0.15, 0.2) is 53.4 Å². The van der Waals surface area contributed by atoms with Gasteiger partial charge < -0.3 is 0 Å². The van der Waals surface area contributed by atoms with Crippen LogP contribution in [0.25, 0.3) is 0 Å². The molecule has 0 fully saturated rings. The number of sulfonamides is 1. The molecule has 1 amide bonds. The molecule has 0 bridgehead atoms. The van der Waals surface area contributed by atoms with Crippen molar-refractivity contribution in [2.24, 2.45) is 0 Å². The van der Waals surface area contributed by atoms with Crippen LogP contribution >= 0.6 is 0 Å². The number of aryl methyl sites for hydroxylation is 1. The standard InChI is InChI=1S/C15H15N3O6S/c1-11-5-2-3-8-14(11)25(23,24)17(10-15(19)16-20)12-6-4-7-13(9-12)18(21)22/h2-9,20H,10H2,1H3,(H,16,19). The monoisotopic (exact) mass is 365 g/mol. The van der Waals surface area contributed by atoms with Crippen LogP contribution in [0.2, 0.25) is 0 Å². The smallest absolute Gasteiger partial charge is 0.271 e. The lowest BCUT2D eigenvalue weighted by molar-refractivity contribution is -0.384. The molecule has 2 aromatic rings. The maximum absolute atomic E-state index is 13.0. The maximum atomic E-state index is 13.0. The first-order valence-electron chi connectivity index (χ1n) is 7.03. The average Bonchev–Trinajstić information content (AvgIpc) is 2.59. The maximum Gasteiger partial charge on any atom is 0.271 e. The van der Waals surface area contributed by atoms with E-state index in [4.69, 9.17) is 5.21 Å². The second-order valence-electron chi connectivity index (χ2n) is 5.09. The van der Waals surface area contributed by atoms with Gasteiger partial charge >= 0.3 is 0 Å². The minimum atomic E-state index is -4.19. The van der Waals surface area contributed by atoms with Crippen molar-refractivity contribution in [3.05, 3.63) is 64.2 Å². The summed E-state index contributed by atoms with van der Waals surface area (Å²) in [5.41, 5.74) is 1.41. The van der Waals surface area contributed by atoms with Crippen LogP contribution in [0.5, 0.6) is 0 Å². The first kappa shape index (κ1) is 18.4. The van der Waals surface area contributed by atoms with E-state index in [-0.39, 0.29) is 16.3 Å². The van der Waals surface area contributed by atoms with E-state index >= 15 is 0 Å². The normalized spacial score (nSPS) is 11.0. The van der Waals surface area contributed by atoms with E-state index in [2.05, 4.69) is 0 Å². The molecule has 9 nitrogen and oxygen atoms in total. The van der Waals surface area contributed by atoms with Gasteiger partial charge in [-0.1, -0.05) is 24.3 Å². The quantitative estimate of drug-likeness (QED) is 0.454. The van der Waals surface area contributed by atoms with E-state index in [0.717, 1.165) is 6.07 Å². The number of hydrogen-bond acceptors (Lipinski definition) is 6. The van der Waals surface area contributed by atoms with Crippen LogP contribution in [0.3, 0.4) is 0 Å². The molecule has 2 rings (SSSR count). The number of rotatable bonds is 6. The Morgan fingerprint density at radius 2 is 1.92 bits per heavy atom. The Morgan fingerprint density at radius 3 is 2.52 bits per heavy atom. The van der Waals surface area contributed by atoms with E-state index in [0.29, 0.717) is 9.87 Å². The van der Waals surface area contributed by atoms with Crippen molar-refractivity contribution >= 4 is 27.3 Å². The van der Waals surface area contributed by atoms with E-state index in [9.17, 15) is 23.3 Å². The van der Waals surface area contributed by atoms with Gasteiger partial charge in [0, 0.05) is 12.1 Å². The van der Waals surface area contributed by atoms with Gasteiger partial charge in [0.05, 0.1) is 15.5 Å². The van der Waals surface area contributed by atoms with Gasteiger partial charge in [-0.15, -0.1) is 0 Å². The van der Waals surface area contributed by atoms with Gasteiger partial charge in [-0.3, -0.25) is 24.4 Å². The lowest BCUT2D eigenvalue weighted by Gasteiger charge is -2.24. The van der Waals surface area contributed by atoms with Crippen LogP contribution in [-0.2, 0) is 14.8 Å². The van der Waals surface area contributed by atoms with Gasteiger partial charge in [0.25, 0.3) is 21.6 Å². The number of carbonyl (C=O) groups is 1. The summed E-state index contributed by atoms with van der Waals surface area (Å²) in [6.45, 7) is 0.846. The topological polar surface area (TPSA) is 130 Å². The highest BCUT2D eigenvalue weighted by molar-refractivity contribution is 7.93. The molecule has 0 aliphatic heterocycles. The highest BCUT2D eigenvalue weighted by atomic mass is 32.2. The molecule has 0 saturated carbocycles. The number of hydrogen-bond donors (Lipinski definition) is 2. The predicted molar refractivity (Wildman–Crippen MR) is 88.7 cm³/mol. The number of hydroxylamine groups is 1. The second-order valence-corrected chi connectivity index (χ2v) is 6.92. The van der Waals surface area contributed by atoms with E-state index < -0.39 is 27.4 Å². The van der Waals surface area contributed by atoms with Crippen LogP contribution in [-0.4, -0.2) is 31.0 Å². The number of nitro benzene ring substituents is 1. The summed E-state index contributed by atoms with van der Waals surface area (Å²) in [5, 5.41) is 19.7. The third kappa shape index (κ3) is 3.92. The van der Waals surface area contributed by atoms with Gasteiger partial charge in [-0.25, -0.2) is 13.9 Å². The number of nitrogens with zero attached hydrogens (tertiary/aromatic N) is 2. The van der Waals surface area contributed by atoms with Gasteiger partial charge in [0.1, 0.15) is 6.54 Å². The number of amides is 1. The highest BCUT2D eigenvalue weighted by Crippen LogP contribution is 2.28. The zero-order valence-corrected chi connectivity index (χ0v) is 13.9. The number of nitro groups is 1. The van der Waals surface area contributed by atoms with Crippen molar-refractivity contribution in [3.8, 4) is 0 Å². The summed E-state index contributed by atoms with van der Waals surface area (Å²) >= 11 is 0. The summed E-state index contributed by atoms with van der Waals surface area (Å²) < 4.78 is 26.7. The Balaban J connectivity index is 2.61. The SMILES string of the molecule is Cc1ccccc1S(=O)(=O)N(CC(=O)NO)c1cccc([N+](=O)[O-])c1. The largest absolute Gasteiger partial charge is 0.289 e. The lowest BCUT2D eigenvalue weighted by atomic mass is 10.2. The van der Waals surface area contributed by atoms with Gasteiger partial charge in [-0.05, 0) is 24.6 Å². The predicted octanol–water partition coefficient (Wildman–Crippen LogP) is 1.60. The summed E-state index contributed by atoms with van der Waals surface area (Å²) in [4.78, 5) is 21.8. The van der Waals surface area contributed by atoms with Gasteiger partial charge in [0.15, 0.2) is 0 Å². The van der Waals surface area contributed by atoms with E-state index in [1.165, 1.54) is 35.8 Å². The summed E-state index contributed by atoms with van der Waals surface area (Å²) in [5.74, 6) is -0.983. The fourth-order valence-corrected chi connectivity index (χ4v) is 3.85. The molecule has 132 valence electrons. The van der Waals surface area contributed by atoms with Crippen molar-refractivity contribution in [1.29, 1.82) is 0 Å². The number of anilines is 1. The summed E-state index contributed by atoms with van der Waals surface area (Å²) in [6, 6.07) is 11.0. The van der Waals surface area contributed by atoms with Gasteiger partial charge in [0.2, 0.25) is 0 Å². The molecular formula is C15H15N3O6S. The number of nitrogens with one attached hydrogen (secondary N) is 1. The van der Waals surface area contributed by atoms with Crippen LogP contribution < -0.4 is 9.79 Å². The molecule has 0 heterocycles. The molecule has 0 aromatic heterocycles. The van der Waals surface area contributed by atoms with Crippen LogP contribution in [0.1, 0.15) is 5.56 Å². The molecule has 2 N–H and O–H groups in total. The molecule has 0 unspecified atom stereocenters. The van der Waals surface area contributed by atoms with Crippen molar-refractivity contribution in [2.45, 2.75) is 11.8 Å². The fourth-order valence-electron chi connectivity index (χ4n) is 2.21. The Kier molecular flexibility index (Phi) is 5.35. The van der Waals surface area contributed by atoms with Crippen molar-refractivity contribution in [2.75, 3.05) is 10.8 Å². The van der Waals surface area contributed by atoms with Crippen LogP contribution in [0.4, 0.5) is 11.4 Å². The molecule has 0 aliphatic carbocycles. The Bertz CT molecular complexity index is 913. The molecule has 0 aliphatic rings. The molecule has 0 saturated heterocycles. The molecular weight excluding hydrogens is 350 g/mol. The second kappa shape index (κ2) is 7.28. The minimum absolute atomic E-state index is 0.0488. The van der Waals surface area contributed by atoms with Crippen molar-refractivity contribution in [1.82, 2.24) is 5.48 Å². The first-order valence-corrected chi connectivity index (χ1v) is 8.47. The molecule has 0 radical (unpaired) electrons. The number of carbonyl (C=O) groups excluding carboxylic acids is 1. The van der Waals surface area contributed by atoms with Crippen molar-refractivity contribution < 1.29 is 23.3 Å². The Hall–Kier alpha value is -2.98. The Labute approximate surface area is 143 Å². The zero-order valence-electron chi connectivity index (χ0n) is 13.1. The molecule has 2 aromatic carbocycles. The van der Waals surface area contributed by atoms with Crippen molar-refractivity contribution in [3.63, 3.8) is 0 Å². The van der Waals surface area contributed by atoms with Gasteiger partial charge in [-0.2, -0.15) is 0 Å². The first-order chi connectivity index (χ1) is 11.8. The average molecular weight is 365 g/mol. The minimum Gasteiger partial charge on any atom is -0.289 e. The number of benzene rings is 2. The summed E-state index contributed by atoms with van der Waals surface area (Å²) in [6.07, 6.45) is 0. The third-order valence-electron chi connectivity index (χ3n) is 3.40. The van der Waals surface area contributed by atoms with E-state index in [1.807, 2.05) is 0 Å². The summed E-state index contributed by atoms with van der Waals surface area (Å²) in [7, 11) is -4.19.